The first-order chi connectivity index (χ1) is 24.1. The number of hydrogen-bond donors (Lipinski definition) is 2. The van der Waals surface area contributed by atoms with E-state index >= 15 is 0 Å². The predicted molar refractivity (Wildman–Crippen MR) is 198 cm³/mol. The molecule has 264 valence electrons. The SMILES string of the molecule is COc1ccc(C(=O)Nc2ccc3c(c2)[C@H](OC)[C@@H](C)[C@H](C(CC(=O)N(CCO)Cc2ccccc2)[Si](C)(C)c2ccc(OC)cc2)O3)cc1. The number of aliphatic hydroxyl groups is 1. The maximum atomic E-state index is 14.3. The molecular weight excluding hydrogens is 649 g/mol. The van der Waals surface area contributed by atoms with Crippen LogP contribution in [0, 0.1) is 5.92 Å². The summed E-state index contributed by atoms with van der Waals surface area (Å²) in [6.45, 7) is 7.19. The molecule has 4 aromatic carbocycles. The summed E-state index contributed by atoms with van der Waals surface area (Å²) in [7, 11) is 2.47. The molecule has 0 aliphatic carbocycles. The summed E-state index contributed by atoms with van der Waals surface area (Å²) >= 11 is 0. The lowest BCUT2D eigenvalue weighted by molar-refractivity contribution is -0.133. The zero-order valence-electron chi connectivity index (χ0n) is 29.7. The van der Waals surface area contributed by atoms with Crippen LogP contribution in [-0.2, 0) is 16.1 Å². The maximum Gasteiger partial charge on any atom is 0.255 e. The van der Waals surface area contributed by atoms with Crippen LogP contribution in [0.2, 0.25) is 18.6 Å². The zero-order valence-corrected chi connectivity index (χ0v) is 30.7. The number of hydrogen-bond acceptors (Lipinski definition) is 7. The van der Waals surface area contributed by atoms with E-state index in [-0.39, 0.29) is 55.1 Å². The minimum Gasteiger partial charge on any atom is -0.497 e. The van der Waals surface area contributed by atoms with E-state index in [4.69, 9.17) is 18.9 Å². The molecule has 0 fully saturated rings. The fourth-order valence-corrected chi connectivity index (χ4v) is 10.3. The van der Waals surface area contributed by atoms with Crippen molar-refractivity contribution in [3.8, 4) is 17.2 Å². The van der Waals surface area contributed by atoms with Crippen LogP contribution in [0.5, 0.6) is 17.2 Å². The summed E-state index contributed by atoms with van der Waals surface area (Å²) in [5.74, 6) is 1.70. The van der Waals surface area contributed by atoms with E-state index in [1.807, 2.05) is 60.7 Å². The van der Waals surface area contributed by atoms with Crippen LogP contribution in [0.25, 0.3) is 0 Å². The van der Waals surface area contributed by atoms with Gasteiger partial charge in [0, 0.05) is 54.9 Å². The number of methoxy groups -OCH3 is 3. The largest absolute Gasteiger partial charge is 0.497 e. The van der Waals surface area contributed by atoms with Gasteiger partial charge in [-0.2, -0.15) is 0 Å². The Kier molecular flexibility index (Phi) is 12.0. The molecule has 0 saturated carbocycles. The number of benzene rings is 4. The summed E-state index contributed by atoms with van der Waals surface area (Å²) in [6.07, 6.45) is -0.458. The first-order valence-electron chi connectivity index (χ1n) is 17.0. The van der Waals surface area contributed by atoms with E-state index in [0.29, 0.717) is 29.3 Å². The summed E-state index contributed by atoms with van der Waals surface area (Å²) in [6, 6.07) is 30.5. The Bertz CT molecular complexity index is 1730. The van der Waals surface area contributed by atoms with E-state index in [9.17, 15) is 14.7 Å². The molecule has 10 heteroatoms. The van der Waals surface area contributed by atoms with Gasteiger partial charge < -0.3 is 34.3 Å². The third-order valence-electron chi connectivity index (χ3n) is 9.93. The number of amides is 2. The Labute approximate surface area is 296 Å². The Balaban J connectivity index is 1.47. The fraction of sp³-hybridized carbons (Fsp3) is 0.350. The number of nitrogens with zero attached hydrogens (tertiary/aromatic N) is 1. The normalized spacial score (nSPS) is 17.5. The Hall–Kier alpha value is -4.64. The highest BCUT2D eigenvalue weighted by Crippen LogP contribution is 2.48. The van der Waals surface area contributed by atoms with Crippen LogP contribution in [0.15, 0.2) is 97.1 Å². The topological polar surface area (TPSA) is 107 Å². The van der Waals surface area contributed by atoms with Crippen LogP contribution < -0.4 is 24.7 Å². The predicted octanol–water partition coefficient (Wildman–Crippen LogP) is 6.44. The molecule has 9 nitrogen and oxygen atoms in total. The molecule has 5 rings (SSSR count). The van der Waals surface area contributed by atoms with Gasteiger partial charge >= 0.3 is 0 Å². The van der Waals surface area contributed by atoms with Crippen LogP contribution >= 0.6 is 0 Å². The van der Waals surface area contributed by atoms with Gasteiger partial charge in [0.15, 0.2) is 0 Å². The Morgan fingerprint density at radius 3 is 2.14 bits per heavy atom. The molecule has 0 spiro atoms. The van der Waals surface area contributed by atoms with Crippen molar-refractivity contribution in [2.75, 3.05) is 39.8 Å². The van der Waals surface area contributed by atoms with Gasteiger partial charge in [-0.15, -0.1) is 0 Å². The molecule has 4 atom stereocenters. The van der Waals surface area contributed by atoms with E-state index < -0.39 is 8.07 Å². The summed E-state index contributed by atoms with van der Waals surface area (Å²) in [5, 5.41) is 14.1. The van der Waals surface area contributed by atoms with Gasteiger partial charge in [-0.1, -0.05) is 67.7 Å². The lowest BCUT2D eigenvalue weighted by Crippen LogP contribution is -2.55. The molecule has 2 N–H and O–H groups in total. The van der Waals surface area contributed by atoms with Crippen molar-refractivity contribution in [1.29, 1.82) is 0 Å². The number of rotatable bonds is 14. The quantitative estimate of drug-likeness (QED) is 0.146. The lowest BCUT2D eigenvalue weighted by Gasteiger charge is -2.46. The highest BCUT2D eigenvalue weighted by molar-refractivity contribution is 6.91. The van der Waals surface area contributed by atoms with Gasteiger partial charge in [0.25, 0.3) is 5.91 Å². The number of nitrogens with one attached hydrogen (secondary N) is 1. The van der Waals surface area contributed by atoms with E-state index in [1.165, 1.54) is 5.19 Å². The molecule has 1 aliphatic rings. The van der Waals surface area contributed by atoms with E-state index in [0.717, 1.165) is 16.9 Å². The van der Waals surface area contributed by atoms with Gasteiger partial charge in [-0.05, 0) is 60.2 Å². The van der Waals surface area contributed by atoms with E-state index in [1.54, 1.807) is 50.5 Å². The van der Waals surface area contributed by atoms with E-state index in [2.05, 4.69) is 37.5 Å². The van der Waals surface area contributed by atoms with Crippen LogP contribution in [0.3, 0.4) is 0 Å². The minimum absolute atomic E-state index is 0.0332. The number of carbonyl (C=O) groups excluding carboxylic acids is 2. The standard InChI is InChI=1S/C40H48N2O7Si/c1-27-38(48-4)34-24-30(41-40(45)29-12-15-31(46-2)16-13-29)14-21-35(34)49-39(27)36(50(5,6)33-19-17-32(47-3)18-20-33)25-37(44)42(22-23-43)26-28-10-8-7-9-11-28/h7-21,24,27,36,38-39,43H,22-23,25-26H2,1-6H3,(H,41,45)/t27-,36?,38-,39-/m1/s1. The first kappa shape index (κ1) is 36.6. The molecule has 0 radical (unpaired) electrons. The van der Waals surface area contributed by atoms with Crippen molar-refractivity contribution in [1.82, 2.24) is 4.90 Å². The van der Waals surface area contributed by atoms with Crippen molar-refractivity contribution < 1.29 is 33.6 Å². The molecule has 1 heterocycles. The highest BCUT2D eigenvalue weighted by Gasteiger charge is 2.48. The van der Waals surface area contributed by atoms with Crippen molar-refractivity contribution in [2.45, 2.75) is 50.7 Å². The fourth-order valence-electron chi connectivity index (χ4n) is 6.95. The summed E-state index contributed by atoms with van der Waals surface area (Å²) in [5.41, 5.74) is 2.82. The molecule has 0 aromatic heterocycles. The van der Waals surface area contributed by atoms with Gasteiger partial charge in [0.1, 0.15) is 23.4 Å². The average Bonchev–Trinajstić information content (AvgIpc) is 3.14. The number of aliphatic hydroxyl groups excluding tert-OH is 1. The van der Waals surface area contributed by atoms with Crippen molar-refractivity contribution in [3.05, 3.63) is 114 Å². The third-order valence-corrected chi connectivity index (χ3v) is 14.1. The number of ether oxygens (including phenoxy) is 4. The number of anilines is 1. The van der Waals surface area contributed by atoms with Crippen LogP contribution in [0.4, 0.5) is 5.69 Å². The molecular formula is C40H48N2O7Si. The molecule has 0 bridgehead atoms. The van der Waals surface area contributed by atoms with Gasteiger partial charge in [-0.25, -0.2) is 0 Å². The minimum atomic E-state index is -2.45. The highest BCUT2D eigenvalue weighted by atomic mass is 28.3. The average molecular weight is 697 g/mol. The molecule has 2 amide bonds. The Morgan fingerprint density at radius 1 is 0.900 bits per heavy atom. The van der Waals surface area contributed by atoms with Gasteiger partial charge in [-0.3, -0.25) is 9.59 Å². The lowest BCUT2D eigenvalue weighted by atomic mass is 9.86. The van der Waals surface area contributed by atoms with Crippen LogP contribution in [0.1, 0.15) is 40.9 Å². The van der Waals surface area contributed by atoms with Crippen LogP contribution in [-0.4, -0.2) is 70.5 Å². The van der Waals surface area contributed by atoms with Crippen molar-refractivity contribution in [2.24, 2.45) is 5.92 Å². The maximum absolute atomic E-state index is 14.3. The van der Waals surface area contributed by atoms with Crippen molar-refractivity contribution in [3.63, 3.8) is 0 Å². The second-order valence-corrected chi connectivity index (χ2v) is 18.1. The molecule has 0 saturated heterocycles. The molecule has 4 aromatic rings. The van der Waals surface area contributed by atoms with Crippen molar-refractivity contribution >= 4 is 30.8 Å². The monoisotopic (exact) mass is 696 g/mol. The third kappa shape index (κ3) is 8.21. The summed E-state index contributed by atoms with van der Waals surface area (Å²) in [4.78, 5) is 29.1. The molecule has 1 aliphatic heterocycles. The van der Waals surface area contributed by atoms with Gasteiger partial charge in [0.2, 0.25) is 5.91 Å². The summed E-state index contributed by atoms with van der Waals surface area (Å²) < 4.78 is 23.7. The Morgan fingerprint density at radius 2 is 1.54 bits per heavy atom. The first-order valence-corrected chi connectivity index (χ1v) is 20.0. The smallest absolute Gasteiger partial charge is 0.255 e. The van der Waals surface area contributed by atoms with Gasteiger partial charge in [0.05, 0.1) is 35.0 Å². The number of fused-ring (bicyclic) bond motifs is 1. The second kappa shape index (κ2) is 16.4. The number of carbonyl (C=O) groups is 2. The zero-order chi connectivity index (χ0) is 35.8. The molecule has 50 heavy (non-hydrogen) atoms. The molecule has 1 unspecified atom stereocenters. The second-order valence-electron chi connectivity index (χ2n) is 13.3.